The fourth-order valence-electron chi connectivity index (χ4n) is 2.75. The molecule has 3 aromatic heterocycles. The number of aryl methyl sites for hydroxylation is 3. The first kappa shape index (κ1) is 14.4. The van der Waals surface area contributed by atoms with Crippen LogP contribution in [0.4, 0.5) is 5.69 Å². The van der Waals surface area contributed by atoms with Crippen LogP contribution in [0.2, 0.25) is 0 Å². The van der Waals surface area contributed by atoms with E-state index in [1.165, 1.54) is 6.20 Å². The fourth-order valence-corrected chi connectivity index (χ4v) is 2.75. The van der Waals surface area contributed by atoms with Gasteiger partial charge in [-0.2, -0.15) is 5.10 Å². The topological polar surface area (TPSA) is 85.3 Å². The molecule has 3 heterocycles. The standard InChI is InChI=1S/C17H15N5O2/c1-9-6-10(2)22-16(19-9)13(8-18-22)17(23)21-12-4-5-14-15(7-12)24-11(3)20-14/h4-8H,1-3H3,(H,21,23). The second-order valence-electron chi connectivity index (χ2n) is 5.70. The summed E-state index contributed by atoms with van der Waals surface area (Å²) in [6, 6.07) is 7.27. The van der Waals surface area contributed by atoms with Crippen LogP contribution in [0.1, 0.15) is 27.6 Å². The minimum absolute atomic E-state index is 0.266. The molecule has 0 saturated carbocycles. The Morgan fingerprint density at radius 1 is 1.17 bits per heavy atom. The highest BCUT2D eigenvalue weighted by molar-refractivity contribution is 6.08. The van der Waals surface area contributed by atoms with Crippen molar-refractivity contribution in [1.82, 2.24) is 19.6 Å². The van der Waals surface area contributed by atoms with E-state index in [-0.39, 0.29) is 5.91 Å². The summed E-state index contributed by atoms with van der Waals surface area (Å²) < 4.78 is 7.15. The molecule has 0 spiro atoms. The molecule has 0 atom stereocenters. The Balaban J connectivity index is 1.70. The van der Waals surface area contributed by atoms with Gasteiger partial charge in [0, 0.05) is 30.1 Å². The molecule has 0 saturated heterocycles. The molecule has 1 amide bonds. The van der Waals surface area contributed by atoms with E-state index in [2.05, 4.69) is 20.4 Å². The predicted molar refractivity (Wildman–Crippen MR) is 89.2 cm³/mol. The molecule has 7 heteroatoms. The zero-order chi connectivity index (χ0) is 16.8. The molecule has 120 valence electrons. The lowest BCUT2D eigenvalue weighted by atomic mass is 10.2. The molecule has 1 aromatic carbocycles. The van der Waals surface area contributed by atoms with Crippen LogP contribution in [-0.4, -0.2) is 25.5 Å². The molecule has 4 aromatic rings. The van der Waals surface area contributed by atoms with Gasteiger partial charge in [0.25, 0.3) is 5.91 Å². The normalized spacial score (nSPS) is 11.3. The molecule has 1 N–H and O–H groups in total. The van der Waals surface area contributed by atoms with Crippen molar-refractivity contribution in [1.29, 1.82) is 0 Å². The van der Waals surface area contributed by atoms with Gasteiger partial charge in [-0.05, 0) is 32.0 Å². The first-order valence-corrected chi connectivity index (χ1v) is 7.52. The molecule has 0 unspecified atom stereocenters. The molecule has 0 bridgehead atoms. The van der Waals surface area contributed by atoms with E-state index in [1.807, 2.05) is 26.0 Å². The lowest BCUT2D eigenvalue weighted by Crippen LogP contribution is -2.12. The monoisotopic (exact) mass is 321 g/mol. The average molecular weight is 321 g/mol. The zero-order valence-corrected chi connectivity index (χ0v) is 13.5. The van der Waals surface area contributed by atoms with Crippen molar-refractivity contribution in [2.75, 3.05) is 5.32 Å². The van der Waals surface area contributed by atoms with Crippen molar-refractivity contribution in [2.45, 2.75) is 20.8 Å². The van der Waals surface area contributed by atoms with Crippen LogP contribution in [0.15, 0.2) is 34.9 Å². The molecule has 0 radical (unpaired) electrons. The number of carbonyl (C=O) groups excluding carboxylic acids is 1. The van der Waals surface area contributed by atoms with Crippen LogP contribution in [0, 0.1) is 20.8 Å². The Bertz CT molecular complexity index is 1090. The molecule has 7 nitrogen and oxygen atoms in total. The Morgan fingerprint density at radius 3 is 2.83 bits per heavy atom. The third-order valence-corrected chi connectivity index (χ3v) is 3.78. The third-order valence-electron chi connectivity index (χ3n) is 3.78. The summed E-state index contributed by atoms with van der Waals surface area (Å²) in [5.74, 6) is 0.323. The molecule has 0 aliphatic heterocycles. The zero-order valence-electron chi connectivity index (χ0n) is 13.5. The number of carbonyl (C=O) groups is 1. The molecule has 0 fully saturated rings. The number of fused-ring (bicyclic) bond motifs is 2. The highest BCUT2D eigenvalue weighted by atomic mass is 16.3. The Labute approximate surface area is 137 Å². The smallest absolute Gasteiger partial charge is 0.261 e. The number of hydrogen-bond donors (Lipinski definition) is 1. The number of oxazole rings is 1. The maximum Gasteiger partial charge on any atom is 0.261 e. The minimum Gasteiger partial charge on any atom is -0.441 e. The van der Waals surface area contributed by atoms with Gasteiger partial charge in [0.2, 0.25) is 0 Å². The number of benzene rings is 1. The maximum atomic E-state index is 12.6. The molecular weight excluding hydrogens is 306 g/mol. The number of nitrogens with zero attached hydrogens (tertiary/aromatic N) is 4. The Kier molecular flexibility index (Phi) is 3.09. The highest BCUT2D eigenvalue weighted by Gasteiger charge is 2.16. The summed E-state index contributed by atoms with van der Waals surface area (Å²) in [5, 5.41) is 7.10. The molecule has 0 aliphatic carbocycles. The van der Waals surface area contributed by atoms with Crippen LogP contribution in [0.5, 0.6) is 0 Å². The summed E-state index contributed by atoms with van der Waals surface area (Å²) in [6.07, 6.45) is 1.53. The highest BCUT2D eigenvalue weighted by Crippen LogP contribution is 2.21. The van der Waals surface area contributed by atoms with Crippen LogP contribution in [0.25, 0.3) is 16.7 Å². The van der Waals surface area contributed by atoms with E-state index in [0.717, 1.165) is 16.9 Å². The molecule has 4 rings (SSSR count). The Hall–Kier alpha value is -3.22. The van der Waals surface area contributed by atoms with E-state index in [9.17, 15) is 4.79 Å². The van der Waals surface area contributed by atoms with Gasteiger partial charge >= 0.3 is 0 Å². The number of nitrogens with one attached hydrogen (secondary N) is 1. The fraction of sp³-hybridized carbons (Fsp3) is 0.176. The van der Waals surface area contributed by atoms with Gasteiger partial charge < -0.3 is 9.73 Å². The van der Waals surface area contributed by atoms with Crippen molar-refractivity contribution in [2.24, 2.45) is 0 Å². The number of hydrogen-bond acceptors (Lipinski definition) is 5. The summed E-state index contributed by atoms with van der Waals surface area (Å²) in [6.45, 7) is 5.60. The van der Waals surface area contributed by atoms with Crippen molar-refractivity contribution in [3.8, 4) is 0 Å². The summed E-state index contributed by atoms with van der Waals surface area (Å²) in [4.78, 5) is 21.3. The average Bonchev–Trinajstić information content (AvgIpc) is 3.09. The van der Waals surface area contributed by atoms with Crippen molar-refractivity contribution < 1.29 is 9.21 Å². The second kappa shape index (κ2) is 5.16. The third kappa shape index (κ3) is 2.30. The van der Waals surface area contributed by atoms with Crippen LogP contribution in [-0.2, 0) is 0 Å². The van der Waals surface area contributed by atoms with E-state index >= 15 is 0 Å². The van der Waals surface area contributed by atoms with Gasteiger partial charge in [-0.1, -0.05) is 0 Å². The minimum atomic E-state index is -0.266. The van der Waals surface area contributed by atoms with Gasteiger partial charge in [0.15, 0.2) is 17.1 Å². The lowest BCUT2D eigenvalue weighted by molar-refractivity contribution is 0.102. The van der Waals surface area contributed by atoms with Gasteiger partial charge in [0.1, 0.15) is 11.1 Å². The summed E-state index contributed by atoms with van der Waals surface area (Å²) in [7, 11) is 0. The number of aromatic nitrogens is 4. The Morgan fingerprint density at radius 2 is 2.00 bits per heavy atom. The van der Waals surface area contributed by atoms with Crippen molar-refractivity contribution in [3.05, 3.63) is 53.3 Å². The molecule has 0 aliphatic rings. The van der Waals surface area contributed by atoms with Crippen LogP contribution >= 0.6 is 0 Å². The van der Waals surface area contributed by atoms with Gasteiger partial charge in [-0.3, -0.25) is 4.79 Å². The van der Waals surface area contributed by atoms with E-state index in [4.69, 9.17) is 4.42 Å². The molecular formula is C17H15N5O2. The van der Waals surface area contributed by atoms with E-state index in [0.29, 0.717) is 28.4 Å². The quantitative estimate of drug-likeness (QED) is 0.613. The van der Waals surface area contributed by atoms with Gasteiger partial charge in [-0.15, -0.1) is 0 Å². The first-order chi connectivity index (χ1) is 11.5. The number of amides is 1. The summed E-state index contributed by atoms with van der Waals surface area (Å²) >= 11 is 0. The number of anilines is 1. The first-order valence-electron chi connectivity index (χ1n) is 7.52. The van der Waals surface area contributed by atoms with Crippen LogP contribution < -0.4 is 5.32 Å². The largest absolute Gasteiger partial charge is 0.441 e. The van der Waals surface area contributed by atoms with Crippen molar-refractivity contribution >= 4 is 28.3 Å². The second-order valence-corrected chi connectivity index (χ2v) is 5.70. The number of rotatable bonds is 2. The SMILES string of the molecule is Cc1cc(C)n2ncc(C(=O)Nc3ccc4nc(C)oc4c3)c2n1. The lowest BCUT2D eigenvalue weighted by Gasteiger charge is -2.05. The molecule has 24 heavy (non-hydrogen) atoms. The predicted octanol–water partition coefficient (Wildman–Crippen LogP) is 3.05. The maximum absolute atomic E-state index is 12.6. The van der Waals surface area contributed by atoms with E-state index < -0.39 is 0 Å². The van der Waals surface area contributed by atoms with Gasteiger partial charge in [-0.25, -0.2) is 14.5 Å². The van der Waals surface area contributed by atoms with Crippen molar-refractivity contribution in [3.63, 3.8) is 0 Å². The summed E-state index contributed by atoms with van der Waals surface area (Å²) in [5.41, 5.74) is 4.76. The van der Waals surface area contributed by atoms with Crippen LogP contribution in [0.3, 0.4) is 0 Å². The van der Waals surface area contributed by atoms with E-state index in [1.54, 1.807) is 23.6 Å². The van der Waals surface area contributed by atoms with Gasteiger partial charge in [0.05, 0.1) is 6.20 Å².